The summed E-state index contributed by atoms with van der Waals surface area (Å²) in [6.07, 6.45) is 1.49. The number of hydrogen-bond donors (Lipinski definition) is 1. The monoisotopic (exact) mass is 329 g/mol. The number of H-pyrrole nitrogens is 1. The van der Waals surface area contributed by atoms with E-state index in [1.165, 1.54) is 6.20 Å². The van der Waals surface area contributed by atoms with Gasteiger partial charge in [0.15, 0.2) is 0 Å². The molecule has 7 heteroatoms. The first kappa shape index (κ1) is 12.6. The van der Waals surface area contributed by atoms with E-state index in [1.54, 1.807) is 0 Å². The molecular weight excluding hydrogens is 322 g/mol. The quantitative estimate of drug-likeness (QED) is 0.780. The van der Waals surface area contributed by atoms with Crippen molar-refractivity contribution in [1.29, 1.82) is 5.26 Å². The van der Waals surface area contributed by atoms with Crippen LogP contribution < -0.4 is 0 Å². The van der Waals surface area contributed by atoms with E-state index >= 15 is 0 Å². The Morgan fingerprint density at radius 1 is 1.40 bits per heavy atom. The SMILES string of the molecule is Cc1ccc(-c2noc(-c3cn[nH]c3C#N)n2)cc1Br. The fourth-order valence-electron chi connectivity index (χ4n) is 1.72. The van der Waals surface area contributed by atoms with Gasteiger partial charge in [0.25, 0.3) is 5.89 Å². The van der Waals surface area contributed by atoms with Gasteiger partial charge in [-0.2, -0.15) is 15.3 Å². The maximum Gasteiger partial charge on any atom is 0.262 e. The maximum atomic E-state index is 8.94. The largest absolute Gasteiger partial charge is 0.333 e. The summed E-state index contributed by atoms with van der Waals surface area (Å²) in [5.74, 6) is 0.729. The van der Waals surface area contributed by atoms with Gasteiger partial charge in [0.2, 0.25) is 5.82 Å². The predicted octanol–water partition coefficient (Wildman–Crippen LogP) is 3.07. The normalized spacial score (nSPS) is 10.4. The first-order valence-corrected chi connectivity index (χ1v) is 6.52. The van der Waals surface area contributed by atoms with Gasteiger partial charge in [0.1, 0.15) is 11.8 Å². The van der Waals surface area contributed by atoms with Gasteiger partial charge in [-0.15, -0.1) is 0 Å². The van der Waals surface area contributed by atoms with Crippen LogP contribution in [-0.4, -0.2) is 20.3 Å². The average molecular weight is 330 g/mol. The van der Waals surface area contributed by atoms with Crippen molar-refractivity contribution >= 4 is 15.9 Å². The Balaban J connectivity index is 2.02. The van der Waals surface area contributed by atoms with Gasteiger partial charge in [-0.05, 0) is 18.6 Å². The molecule has 0 aliphatic rings. The average Bonchev–Trinajstić information content (AvgIpc) is 3.09. The zero-order valence-electron chi connectivity index (χ0n) is 10.4. The highest BCUT2D eigenvalue weighted by molar-refractivity contribution is 9.10. The molecule has 0 bridgehead atoms. The summed E-state index contributed by atoms with van der Waals surface area (Å²) in [5.41, 5.74) is 2.75. The van der Waals surface area contributed by atoms with Crippen molar-refractivity contribution < 1.29 is 4.52 Å². The lowest BCUT2D eigenvalue weighted by Crippen LogP contribution is -1.84. The van der Waals surface area contributed by atoms with Crippen molar-refractivity contribution in [3.63, 3.8) is 0 Å². The maximum absolute atomic E-state index is 8.94. The van der Waals surface area contributed by atoms with E-state index in [0.717, 1.165) is 15.6 Å². The van der Waals surface area contributed by atoms with E-state index in [1.807, 2.05) is 31.2 Å². The summed E-state index contributed by atoms with van der Waals surface area (Å²) >= 11 is 3.47. The summed E-state index contributed by atoms with van der Waals surface area (Å²) in [7, 11) is 0. The summed E-state index contributed by atoms with van der Waals surface area (Å²) in [4.78, 5) is 4.29. The number of halogens is 1. The lowest BCUT2D eigenvalue weighted by molar-refractivity contribution is 0.432. The highest BCUT2D eigenvalue weighted by Gasteiger charge is 2.16. The van der Waals surface area contributed by atoms with E-state index in [0.29, 0.717) is 17.1 Å². The molecule has 2 heterocycles. The molecule has 0 amide bonds. The standard InChI is InChI=1S/C13H8BrN5O/c1-7-2-3-8(4-10(7)14)12-17-13(20-19-12)9-6-16-18-11(9)5-15/h2-4,6H,1H3,(H,16,18). The number of nitriles is 1. The molecule has 0 aliphatic heterocycles. The molecule has 1 N–H and O–H groups in total. The molecular formula is C13H8BrN5O. The Kier molecular flexibility index (Phi) is 3.08. The second kappa shape index (κ2) is 4.90. The van der Waals surface area contributed by atoms with Gasteiger partial charge in [-0.25, -0.2) is 0 Å². The minimum Gasteiger partial charge on any atom is -0.333 e. The molecule has 1 aromatic carbocycles. The van der Waals surface area contributed by atoms with Crippen LogP contribution in [0.2, 0.25) is 0 Å². The number of benzene rings is 1. The van der Waals surface area contributed by atoms with Crippen molar-refractivity contribution in [2.75, 3.05) is 0 Å². The number of aromatic amines is 1. The first-order chi connectivity index (χ1) is 9.69. The summed E-state index contributed by atoms with van der Waals surface area (Å²) in [6.45, 7) is 2.00. The number of rotatable bonds is 2. The molecule has 0 fully saturated rings. The second-order valence-corrected chi connectivity index (χ2v) is 5.01. The zero-order valence-corrected chi connectivity index (χ0v) is 12.0. The van der Waals surface area contributed by atoms with E-state index in [2.05, 4.69) is 36.3 Å². The van der Waals surface area contributed by atoms with Crippen LogP contribution in [-0.2, 0) is 0 Å². The van der Waals surface area contributed by atoms with E-state index < -0.39 is 0 Å². The van der Waals surface area contributed by atoms with Crippen LogP contribution in [0.4, 0.5) is 0 Å². The van der Waals surface area contributed by atoms with Crippen molar-refractivity contribution in [3.8, 4) is 28.9 Å². The van der Waals surface area contributed by atoms with E-state index in [-0.39, 0.29) is 5.89 Å². The third kappa shape index (κ3) is 2.10. The van der Waals surface area contributed by atoms with E-state index in [4.69, 9.17) is 9.78 Å². The van der Waals surface area contributed by atoms with Crippen molar-refractivity contribution in [3.05, 3.63) is 40.1 Å². The number of nitrogens with zero attached hydrogens (tertiary/aromatic N) is 4. The molecule has 0 saturated heterocycles. The molecule has 98 valence electrons. The lowest BCUT2D eigenvalue weighted by Gasteiger charge is -1.99. The summed E-state index contributed by atoms with van der Waals surface area (Å²) in [5, 5.41) is 19.2. The van der Waals surface area contributed by atoms with Crippen LogP contribution >= 0.6 is 15.9 Å². The Hall–Kier alpha value is -2.46. The minimum absolute atomic E-state index is 0.266. The zero-order chi connectivity index (χ0) is 14.1. The van der Waals surface area contributed by atoms with Gasteiger partial charge in [-0.1, -0.05) is 33.2 Å². The molecule has 3 aromatic rings. The summed E-state index contributed by atoms with van der Waals surface area (Å²) < 4.78 is 6.16. The smallest absolute Gasteiger partial charge is 0.262 e. The summed E-state index contributed by atoms with van der Waals surface area (Å²) in [6, 6.07) is 7.79. The number of nitrogens with one attached hydrogen (secondary N) is 1. The van der Waals surface area contributed by atoms with Gasteiger partial charge < -0.3 is 4.52 Å². The number of hydrogen-bond acceptors (Lipinski definition) is 5. The molecule has 0 radical (unpaired) electrons. The third-order valence-electron chi connectivity index (χ3n) is 2.84. The van der Waals surface area contributed by atoms with Gasteiger partial charge in [0, 0.05) is 10.0 Å². The fourth-order valence-corrected chi connectivity index (χ4v) is 2.09. The second-order valence-electron chi connectivity index (χ2n) is 4.16. The van der Waals surface area contributed by atoms with Gasteiger partial charge >= 0.3 is 0 Å². The number of aryl methyl sites for hydroxylation is 1. The topological polar surface area (TPSA) is 91.4 Å². The molecule has 6 nitrogen and oxygen atoms in total. The van der Waals surface area contributed by atoms with E-state index in [9.17, 15) is 0 Å². The molecule has 0 aliphatic carbocycles. The third-order valence-corrected chi connectivity index (χ3v) is 3.69. The van der Waals surface area contributed by atoms with Crippen LogP contribution in [0.15, 0.2) is 33.4 Å². The highest BCUT2D eigenvalue weighted by Crippen LogP contribution is 2.26. The molecule has 0 unspecified atom stereocenters. The fraction of sp³-hybridized carbons (Fsp3) is 0.0769. The predicted molar refractivity (Wildman–Crippen MR) is 74.5 cm³/mol. The minimum atomic E-state index is 0.266. The molecule has 3 rings (SSSR count). The van der Waals surface area contributed by atoms with Crippen molar-refractivity contribution in [2.45, 2.75) is 6.92 Å². The van der Waals surface area contributed by atoms with Crippen LogP contribution in [0.3, 0.4) is 0 Å². The van der Waals surface area contributed by atoms with Crippen molar-refractivity contribution in [2.24, 2.45) is 0 Å². The van der Waals surface area contributed by atoms with Crippen LogP contribution in [0.5, 0.6) is 0 Å². The van der Waals surface area contributed by atoms with Gasteiger partial charge in [0.05, 0.1) is 11.8 Å². The Labute approximate surface area is 122 Å². The van der Waals surface area contributed by atoms with Crippen LogP contribution in [0.25, 0.3) is 22.8 Å². The molecule has 0 spiro atoms. The Morgan fingerprint density at radius 3 is 3.00 bits per heavy atom. The van der Waals surface area contributed by atoms with Crippen LogP contribution in [0, 0.1) is 18.3 Å². The molecule has 0 atom stereocenters. The van der Waals surface area contributed by atoms with Crippen LogP contribution in [0.1, 0.15) is 11.3 Å². The number of aromatic nitrogens is 4. The van der Waals surface area contributed by atoms with Crippen molar-refractivity contribution in [1.82, 2.24) is 20.3 Å². The molecule has 20 heavy (non-hydrogen) atoms. The first-order valence-electron chi connectivity index (χ1n) is 5.73. The Morgan fingerprint density at radius 2 is 2.25 bits per heavy atom. The van der Waals surface area contributed by atoms with Gasteiger partial charge in [-0.3, -0.25) is 5.10 Å². The Bertz CT molecular complexity index is 814. The lowest BCUT2D eigenvalue weighted by atomic mass is 10.1. The highest BCUT2D eigenvalue weighted by atomic mass is 79.9. The molecule has 2 aromatic heterocycles. The molecule has 0 saturated carbocycles.